The van der Waals surface area contributed by atoms with Crippen LogP contribution in [0.1, 0.15) is 29.5 Å². The molecule has 3 heterocycles. The predicted molar refractivity (Wildman–Crippen MR) is 123 cm³/mol. The van der Waals surface area contributed by atoms with Crippen LogP contribution in [-0.4, -0.2) is 51.6 Å². The van der Waals surface area contributed by atoms with E-state index in [1.807, 2.05) is 65.6 Å². The molecular weight excluding hydrogens is 416 g/mol. The lowest BCUT2D eigenvalue weighted by molar-refractivity contribution is -0.132. The van der Waals surface area contributed by atoms with E-state index in [1.165, 1.54) is 4.90 Å². The number of hydrogen-bond acceptors (Lipinski definition) is 5. The lowest BCUT2D eigenvalue weighted by Gasteiger charge is -2.39. The molecule has 168 valence electrons. The van der Waals surface area contributed by atoms with Crippen LogP contribution in [0.25, 0.3) is 0 Å². The highest BCUT2D eigenvalue weighted by atomic mass is 16.3. The molecule has 2 saturated heterocycles. The van der Waals surface area contributed by atoms with Crippen LogP contribution in [0.4, 0.5) is 4.79 Å². The van der Waals surface area contributed by atoms with Gasteiger partial charge in [-0.05, 0) is 41.7 Å². The molecule has 1 aromatic heterocycles. The largest absolute Gasteiger partial charge is 0.385 e. The van der Waals surface area contributed by atoms with Crippen LogP contribution >= 0.6 is 0 Å². The van der Waals surface area contributed by atoms with Crippen molar-refractivity contribution < 1.29 is 14.7 Å². The highest BCUT2D eigenvalue weighted by Gasteiger charge is 2.54. The Kier molecular flexibility index (Phi) is 5.44. The first kappa shape index (κ1) is 21.3. The zero-order chi connectivity index (χ0) is 22.9. The summed E-state index contributed by atoms with van der Waals surface area (Å²) < 4.78 is 0. The van der Waals surface area contributed by atoms with E-state index in [4.69, 9.17) is 0 Å². The minimum Gasteiger partial charge on any atom is -0.385 e. The Labute approximate surface area is 192 Å². The van der Waals surface area contributed by atoms with Crippen molar-refractivity contribution in [2.45, 2.75) is 24.0 Å². The number of benzene rings is 2. The SMILES string of the molecule is O=C1NC(c2ccccc2)(c2ccncc2)C(=O)N1CN1CCC(O)(c2ccccc2)CC1. The molecule has 2 aliphatic rings. The van der Waals surface area contributed by atoms with Crippen molar-refractivity contribution in [1.29, 1.82) is 0 Å². The van der Waals surface area contributed by atoms with Gasteiger partial charge in [0.2, 0.25) is 0 Å². The molecule has 0 bridgehead atoms. The van der Waals surface area contributed by atoms with Crippen LogP contribution in [0.3, 0.4) is 0 Å². The summed E-state index contributed by atoms with van der Waals surface area (Å²) >= 11 is 0. The zero-order valence-electron chi connectivity index (χ0n) is 18.2. The Morgan fingerprint density at radius 2 is 1.36 bits per heavy atom. The Balaban J connectivity index is 1.37. The van der Waals surface area contributed by atoms with E-state index in [0.29, 0.717) is 37.1 Å². The Morgan fingerprint density at radius 1 is 0.818 bits per heavy atom. The second kappa shape index (κ2) is 8.42. The highest BCUT2D eigenvalue weighted by molar-refractivity contribution is 6.09. The van der Waals surface area contributed by atoms with Gasteiger partial charge in [0.15, 0.2) is 5.54 Å². The van der Waals surface area contributed by atoms with Crippen LogP contribution in [0.2, 0.25) is 0 Å². The number of likely N-dealkylation sites (tertiary alicyclic amines) is 1. The normalized spacial score (nSPS) is 22.9. The van der Waals surface area contributed by atoms with E-state index in [9.17, 15) is 14.7 Å². The first-order valence-corrected chi connectivity index (χ1v) is 11.1. The van der Waals surface area contributed by atoms with Crippen LogP contribution in [-0.2, 0) is 15.9 Å². The summed E-state index contributed by atoms with van der Waals surface area (Å²) in [7, 11) is 0. The number of nitrogens with zero attached hydrogens (tertiary/aromatic N) is 3. The van der Waals surface area contributed by atoms with Gasteiger partial charge in [0.1, 0.15) is 0 Å². The topological polar surface area (TPSA) is 85.8 Å². The number of rotatable bonds is 5. The number of piperidine rings is 1. The molecule has 2 aliphatic heterocycles. The minimum atomic E-state index is -1.29. The maximum absolute atomic E-state index is 13.8. The number of imide groups is 1. The highest BCUT2D eigenvalue weighted by Crippen LogP contribution is 2.37. The monoisotopic (exact) mass is 442 g/mol. The fraction of sp³-hybridized carbons (Fsp3) is 0.269. The molecule has 5 rings (SSSR count). The lowest BCUT2D eigenvalue weighted by Crippen LogP contribution is -2.49. The Morgan fingerprint density at radius 3 is 1.97 bits per heavy atom. The maximum atomic E-state index is 13.8. The number of pyridine rings is 1. The van der Waals surface area contributed by atoms with Gasteiger partial charge in [-0.1, -0.05) is 60.7 Å². The molecule has 7 heteroatoms. The molecule has 2 aromatic carbocycles. The smallest absolute Gasteiger partial charge is 0.326 e. The molecule has 2 fully saturated rings. The molecule has 2 N–H and O–H groups in total. The number of amides is 3. The summed E-state index contributed by atoms with van der Waals surface area (Å²) in [6.45, 7) is 1.33. The van der Waals surface area contributed by atoms with Gasteiger partial charge in [-0.25, -0.2) is 9.69 Å². The van der Waals surface area contributed by atoms with Crippen LogP contribution in [0.5, 0.6) is 0 Å². The lowest BCUT2D eigenvalue weighted by atomic mass is 9.83. The van der Waals surface area contributed by atoms with Crippen LogP contribution < -0.4 is 5.32 Å². The maximum Gasteiger partial charge on any atom is 0.326 e. The molecule has 7 nitrogen and oxygen atoms in total. The van der Waals surface area contributed by atoms with E-state index < -0.39 is 17.2 Å². The van der Waals surface area contributed by atoms with E-state index in [-0.39, 0.29) is 12.6 Å². The molecule has 1 atom stereocenters. The number of aromatic nitrogens is 1. The van der Waals surface area contributed by atoms with Gasteiger partial charge >= 0.3 is 6.03 Å². The number of carbonyl (C=O) groups excluding carboxylic acids is 2. The van der Waals surface area contributed by atoms with Gasteiger partial charge < -0.3 is 10.4 Å². The fourth-order valence-corrected chi connectivity index (χ4v) is 4.85. The van der Waals surface area contributed by atoms with Crippen LogP contribution in [0.15, 0.2) is 85.2 Å². The molecule has 3 amide bonds. The summed E-state index contributed by atoms with van der Waals surface area (Å²) in [6.07, 6.45) is 4.32. The third-order valence-electron chi connectivity index (χ3n) is 6.76. The molecule has 33 heavy (non-hydrogen) atoms. The van der Waals surface area contributed by atoms with Crippen molar-refractivity contribution in [3.63, 3.8) is 0 Å². The molecule has 0 spiro atoms. The molecule has 3 aromatic rings. The first-order valence-electron chi connectivity index (χ1n) is 11.1. The number of carbonyl (C=O) groups is 2. The van der Waals surface area contributed by atoms with Crippen molar-refractivity contribution in [2.24, 2.45) is 0 Å². The number of aliphatic hydroxyl groups is 1. The summed E-state index contributed by atoms with van der Waals surface area (Å²) in [5, 5.41) is 14.1. The second-order valence-corrected chi connectivity index (χ2v) is 8.67. The molecule has 0 saturated carbocycles. The average molecular weight is 443 g/mol. The van der Waals surface area contributed by atoms with Gasteiger partial charge in [-0.3, -0.25) is 14.7 Å². The quantitative estimate of drug-likeness (QED) is 0.594. The van der Waals surface area contributed by atoms with Crippen molar-refractivity contribution in [3.8, 4) is 0 Å². The van der Waals surface area contributed by atoms with Crippen molar-refractivity contribution >= 4 is 11.9 Å². The number of urea groups is 1. The third kappa shape index (κ3) is 3.69. The molecular formula is C26H26N4O3. The van der Waals surface area contributed by atoms with Gasteiger partial charge in [0.05, 0.1) is 12.3 Å². The molecule has 0 radical (unpaired) electrons. The minimum absolute atomic E-state index is 0.176. The Bertz CT molecular complexity index is 1090. The number of hydrogen-bond donors (Lipinski definition) is 2. The predicted octanol–water partition coefficient (Wildman–Crippen LogP) is 2.82. The Hall–Kier alpha value is -3.55. The van der Waals surface area contributed by atoms with E-state index in [1.54, 1.807) is 24.5 Å². The standard InChI is InChI=1S/C26H26N4O3/c31-23-26(21-9-5-2-6-10-21,22-11-15-27-16-12-22)28-24(32)30(23)19-29-17-13-25(33,14-18-29)20-7-3-1-4-8-20/h1-12,15-16,33H,13-14,17-19H2,(H,28,32). The summed E-state index contributed by atoms with van der Waals surface area (Å²) in [4.78, 5) is 34.3. The third-order valence-corrected chi connectivity index (χ3v) is 6.76. The van der Waals surface area contributed by atoms with Gasteiger partial charge in [-0.15, -0.1) is 0 Å². The van der Waals surface area contributed by atoms with Crippen molar-refractivity contribution in [3.05, 3.63) is 102 Å². The first-order chi connectivity index (χ1) is 16.0. The van der Waals surface area contributed by atoms with Gasteiger partial charge in [0.25, 0.3) is 5.91 Å². The van der Waals surface area contributed by atoms with Gasteiger partial charge in [-0.2, -0.15) is 0 Å². The fourth-order valence-electron chi connectivity index (χ4n) is 4.85. The summed E-state index contributed by atoms with van der Waals surface area (Å²) in [5.74, 6) is -0.311. The molecule has 0 aliphatic carbocycles. The zero-order valence-corrected chi connectivity index (χ0v) is 18.2. The van der Waals surface area contributed by atoms with Crippen molar-refractivity contribution in [1.82, 2.24) is 20.1 Å². The van der Waals surface area contributed by atoms with E-state index in [2.05, 4.69) is 10.3 Å². The second-order valence-electron chi connectivity index (χ2n) is 8.67. The van der Waals surface area contributed by atoms with E-state index in [0.717, 1.165) is 5.56 Å². The van der Waals surface area contributed by atoms with E-state index >= 15 is 0 Å². The average Bonchev–Trinajstić information content (AvgIpc) is 3.13. The summed E-state index contributed by atoms with van der Waals surface area (Å²) in [6, 6.07) is 22.0. The van der Waals surface area contributed by atoms with Crippen molar-refractivity contribution in [2.75, 3.05) is 19.8 Å². The number of nitrogens with one attached hydrogen (secondary N) is 1. The van der Waals surface area contributed by atoms with Crippen LogP contribution in [0, 0.1) is 0 Å². The molecule has 1 unspecified atom stereocenters. The summed E-state index contributed by atoms with van der Waals surface area (Å²) in [5.41, 5.74) is 0.0954. The van der Waals surface area contributed by atoms with Gasteiger partial charge in [0, 0.05) is 25.5 Å².